The number of benzene rings is 2. The van der Waals surface area contributed by atoms with Gasteiger partial charge in [-0.05, 0) is 43.2 Å². The third-order valence-electron chi connectivity index (χ3n) is 4.30. The molecule has 1 N–H and O–H groups in total. The highest BCUT2D eigenvalue weighted by molar-refractivity contribution is 7.17. The van der Waals surface area contributed by atoms with Crippen LogP contribution in [0.1, 0.15) is 27.9 Å². The second-order valence-electron chi connectivity index (χ2n) is 6.34. The van der Waals surface area contributed by atoms with E-state index >= 15 is 0 Å². The fourth-order valence-electron chi connectivity index (χ4n) is 2.66. The van der Waals surface area contributed by atoms with Crippen molar-refractivity contribution in [3.8, 4) is 16.3 Å². The van der Waals surface area contributed by atoms with Crippen LogP contribution in [-0.2, 0) is 16.0 Å². The number of amides is 1. The Morgan fingerprint density at radius 1 is 1.07 bits per heavy atom. The van der Waals surface area contributed by atoms with E-state index in [-0.39, 0.29) is 6.61 Å². The van der Waals surface area contributed by atoms with Crippen LogP contribution in [0.3, 0.4) is 0 Å². The van der Waals surface area contributed by atoms with Crippen molar-refractivity contribution in [2.75, 3.05) is 19.0 Å². The molecule has 0 unspecified atom stereocenters. The lowest BCUT2D eigenvalue weighted by Crippen LogP contribution is -2.20. The number of carbonyl (C=O) groups excluding carboxylic acids is 2. The quantitative estimate of drug-likeness (QED) is 0.581. The van der Waals surface area contributed by atoms with Crippen LogP contribution in [0.25, 0.3) is 10.6 Å². The Balaban J connectivity index is 1.59. The third kappa shape index (κ3) is 5.20. The smallest absolute Gasteiger partial charge is 0.350 e. The number of esters is 1. The third-order valence-corrected chi connectivity index (χ3v) is 5.49. The average Bonchev–Trinajstić information content (AvgIpc) is 3.14. The van der Waals surface area contributed by atoms with Crippen molar-refractivity contribution < 1.29 is 19.1 Å². The van der Waals surface area contributed by atoms with Gasteiger partial charge in [-0.1, -0.05) is 31.2 Å². The molecule has 0 spiro atoms. The molecule has 1 amide bonds. The van der Waals surface area contributed by atoms with Gasteiger partial charge in [0, 0.05) is 11.3 Å². The van der Waals surface area contributed by atoms with Crippen LogP contribution < -0.4 is 10.1 Å². The second kappa shape index (κ2) is 9.34. The summed E-state index contributed by atoms with van der Waals surface area (Å²) in [5, 5.41) is 3.42. The molecule has 1 heterocycles. The van der Waals surface area contributed by atoms with Crippen LogP contribution in [0.4, 0.5) is 5.69 Å². The van der Waals surface area contributed by atoms with Gasteiger partial charge in [0.25, 0.3) is 5.91 Å². The van der Waals surface area contributed by atoms with E-state index in [1.165, 1.54) is 16.9 Å². The molecule has 1 aromatic heterocycles. The van der Waals surface area contributed by atoms with E-state index in [4.69, 9.17) is 9.47 Å². The van der Waals surface area contributed by atoms with Crippen LogP contribution >= 0.6 is 11.3 Å². The number of thiazole rings is 1. The standard InChI is InChI=1S/C22H22N2O4S/c1-4-15-5-7-16(8-6-15)21-23-14(2)20(29-21)22(26)28-13-19(25)24-17-9-11-18(27-3)12-10-17/h5-12H,4,13H2,1-3H3,(H,24,25). The number of aryl methyl sites for hydroxylation is 2. The Labute approximate surface area is 173 Å². The highest BCUT2D eigenvalue weighted by Crippen LogP contribution is 2.28. The molecule has 3 aromatic rings. The molecule has 0 aliphatic carbocycles. The van der Waals surface area contributed by atoms with Crippen LogP contribution in [-0.4, -0.2) is 30.6 Å². The average molecular weight is 410 g/mol. The normalized spacial score (nSPS) is 10.4. The zero-order valence-corrected chi connectivity index (χ0v) is 17.3. The zero-order valence-electron chi connectivity index (χ0n) is 16.5. The second-order valence-corrected chi connectivity index (χ2v) is 7.34. The molecule has 150 valence electrons. The van der Waals surface area contributed by atoms with Crippen molar-refractivity contribution in [2.45, 2.75) is 20.3 Å². The fourth-order valence-corrected chi connectivity index (χ4v) is 3.63. The highest BCUT2D eigenvalue weighted by atomic mass is 32.1. The summed E-state index contributed by atoms with van der Waals surface area (Å²) < 4.78 is 10.2. The minimum Gasteiger partial charge on any atom is -0.497 e. The maximum atomic E-state index is 12.4. The first-order valence-electron chi connectivity index (χ1n) is 9.18. The van der Waals surface area contributed by atoms with Crippen molar-refractivity contribution in [2.24, 2.45) is 0 Å². The lowest BCUT2D eigenvalue weighted by atomic mass is 10.1. The van der Waals surface area contributed by atoms with Crippen molar-refractivity contribution >= 4 is 28.9 Å². The van der Waals surface area contributed by atoms with Crippen LogP contribution in [0.2, 0.25) is 0 Å². The van der Waals surface area contributed by atoms with Crippen molar-refractivity contribution in [3.63, 3.8) is 0 Å². The van der Waals surface area contributed by atoms with Gasteiger partial charge < -0.3 is 14.8 Å². The van der Waals surface area contributed by atoms with Crippen molar-refractivity contribution in [1.82, 2.24) is 4.98 Å². The summed E-state index contributed by atoms with van der Waals surface area (Å²) in [7, 11) is 1.57. The first kappa shape index (κ1) is 20.5. The number of nitrogens with zero attached hydrogens (tertiary/aromatic N) is 1. The Morgan fingerprint density at radius 2 is 1.76 bits per heavy atom. The molecule has 3 rings (SSSR count). The molecule has 0 saturated carbocycles. The summed E-state index contributed by atoms with van der Waals surface area (Å²) >= 11 is 1.26. The minimum absolute atomic E-state index is 0.372. The maximum absolute atomic E-state index is 12.4. The van der Waals surface area contributed by atoms with Gasteiger partial charge in [-0.15, -0.1) is 11.3 Å². The van der Waals surface area contributed by atoms with E-state index in [9.17, 15) is 9.59 Å². The van der Waals surface area contributed by atoms with Crippen LogP contribution in [0, 0.1) is 6.92 Å². The molecule has 0 fully saturated rings. The SMILES string of the molecule is CCc1ccc(-c2nc(C)c(C(=O)OCC(=O)Nc3ccc(OC)cc3)s2)cc1. The number of methoxy groups -OCH3 is 1. The van der Waals surface area contributed by atoms with E-state index in [1.54, 1.807) is 38.3 Å². The van der Waals surface area contributed by atoms with Gasteiger partial charge in [0.1, 0.15) is 15.6 Å². The molecular formula is C22H22N2O4S. The number of aromatic nitrogens is 1. The molecule has 0 saturated heterocycles. The summed E-state index contributed by atoms with van der Waals surface area (Å²) in [6.07, 6.45) is 0.966. The number of ether oxygens (including phenoxy) is 2. The van der Waals surface area contributed by atoms with Crippen molar-refractivity contribution in [3.05, 3.63) is 64.7 Å². The summed E-state index contributed by atoms with van der Waals surface area (Å²) in [5.74, 6) is -0.280. The van der Waals surface area contributed by atoms with Gasteiger partial charge in [0.15, 0.2) is 6.61 Å². The fraction of sp³-hybridized carbons (Fsp3) is 0.227. The molecule has 0 radical (unpaired) electrons. The Kier molecular flexibility index (Phi) is 6.61. The van der Waals surface area contributed by atoms with Gasteiger partial charge in [-0.3, -0.25) is 4.79 Å². The maximum Gasteiger partial charge on any atom is 0.350 e. The molecule has 0 aliphatic rings. The number of anilines is 1. The molecule has 29 heavy (non-hydrogen) atoms. The number of nitrogens with one attached hydrogen (secondary N) is 1. The van der Waals surface area contributed by atoms with Crippen molar-refractivity contribution in [1.29, 1.82) is 0 Å². The molecule has 2 aromatic carbocycles. The minimum atomic E-state index is -0.554. The first-order chi connectivity index (χ1) is 14.0. The van der Waals surface area contributed by atoms with E-state index in [0.29, 0.717) is 22.0 Å². The molecular weight excluding hydrogens is 388 g/mol. The van der Waals surface area contributed by atoms with Gasteiger partial charge in [-0.2, -0.15) is 0 Å². The van der Waals surface area contributed by atoms with Crippen LogP contribution in [0.15, 0.2) is 48.5 Å². The Hall–Kier alpha value is -3.19. The number of carbonyl (C=O) groups is 2. The van der Waals surface area contributed by atoms with E-state index in [1.807, 2.05) is 24.3 Å². The predicted molar refractivity (Wildman–Crippen MR) is 114 cm³/mol. The molecule has 6 nitrogen and oxygen atoms in total. The van der Waals surface area contributed by atoms with E-state index in [2.05, 4.69) is 17.2 Å². The van der Waals surface area contributed by atoms with E-state index < -0.39 is 11.9 Å². The summed E-state index contributed by atoms with van der Waals surface area (Å²) in [5.41, 5.74) is 3.37. The van der Waals surface area contributed by atoms with Gasteiger partial charge in [0.2, 0.25) is 0 Å². The first-order valence-corrected chi connectivity index (χ1v) is 9.99. The lowest BCUT2D eigenvalue weighted by molar-refractivity contribution is -0.119. The van der Waals surface area contributed by atoms with Crippen LogP contribution in [0.5, 0.6) is 5.75 Å². The van der Waals surface area contributed by atoms with Gasteiger partial charge in [-0.25, -0.2) is 9.78 Å². The monoisotopic (exact) mass is 410 g/mol. The number of rotatable bonds is 7. The Bertz CT molecular complexity index is 995. The number of hydrogen-bond acceptors (Lipinski definition) is 6. The lowest BCUT2D eigenvalue weighted by Gasteiger charge is -2.07. The molecule has 0 atom stereocenters. The molecule has 7 heteroatoms. The largest absolute Gasteiger partial charge is 0.497 e. The summed E-state index contributed by atoms with van der Waals surface area (Å²) in [6.45, 7) is 3.48. The topological polar surface area (TPSA) is 77.5 Å². The van der Waals surface area contributed by atoms with Gasteiger partial charge >= 0.3 is 5.97 Å². The summed E-state index contributed by atoms with van der Waals surface area (Å²) in [4.78, 5) is 29.3. The molecule has 0 aliphatic heterocycles. The predicted octanol–water partition coefficient (Wildman–Crippen LogP) is 4.49. The Morgan fingerprint density at radius 3 is 2.38 bits per heavy atom. The summed E-state index contributed by atoms with van der Waals surface area (Å²) in [6, 6.07) is 15.0. The van der Waals surface area contributed by atoms with E-state index in [0.717, 1.165) is 17.0 Å². The zero-order chi connectivity index (χ0) is 20.8. The molecule has 0 bridgehead atoms. The van der Waals surface area contributed by atoms with Gasteiger partial charge in [0.05, 0.1) is 12.8 Å². The number of hydrogen-bond donors (Lipinski definition) is 1. The highest BCUT2D eigenvalue weighted by Gasteiger charge is 2.18.